The lowest BCUT2D eigenvalue weighted by atomic mass is 9.80. The van der Waals surface area contributed by atoms with Gasteiger partial charge in [0.05, 0.1) is 13.2 Å². The highest BCUT2D eigenvalue weighted by Gasteiger charge is 2.52. The number of nitrogens with zero attached hydrogens (tertiary/aromatic N) is 4. The molecule has 4 heterocycles. The van der Waals surface area contributed by atoms with Crippen LogP contribution in [0.25, 0.3) is 0 Å². The molecule has 4 rings (SSSR count). The molecule has 0 aromatic carbocycles. The molecule has 0 saturated carbocycles. The number of aliphatic carboxylic acids is 1. The summed E-state index contributed by atoms with van der Waals surface area (Å²) in [5.74, 6) is -2.10. The monoisotopic (exact) mass is 422 g/mol. The summed E-state index contributed by atoms with van der Waals surface area (Å²) in [5, 5.41) is 17.8. The number of rotatable bonds is 3. The Balaban J connectivity index is 0.000000279. The van der Waals surface area contributed by atoms with E-state index in [2.05, 4.69) is 20.0 Å². The van der Waals surface area contributed by atoms with E-state index < -0.39 is 12.1 Å². The number of halogens is 3. The van der Waals surface area contributed by atoms with Gasteiger partial charge in [0.15, 0.2) is 0 Å². The van der Waals surface area contributed by atoms with Crippen molar-refractivity contribution in [2.45, 2.75) is 32.4 Å². The zero-order chi connectivity index (χ0) is 20.4. The van der Waals surface area contributed by atoms with Gasteiger partial charge < -0.3 is 19.6 Å². The van der Waals surface area contributed by atoms with Crippen LogP contribution in [-0.4, -0.2) is 78.3 Å². The predicted molar refractivity (Wildman–Crippen MR) is 97.6 cm³/mol. The van der Waals surface area contributed by atoms with Crippen LogP contribution in [0.1, 0.15) is 24.3 Å². The van der Waals surface area contributed by atoms with Gasteiger partial charge in [-0.25, -0.2) is 4.79 Å². The van der Waals surface area contributed by atoms with Crippen LogP contribution in [0.2, 0.25) is 0 Å². The molecule has 2 atom stereocenters. The highest BCUT2D eigenvalue weighted by atomic mass is 32.1. The third-order valence-electron chi connectivity index (χ3n) is 5.54. The smallest absolute Gasteiger partial charge is 0.475 e. The minimum absolute atomic E-state index is 0.316. The topological polar surface area (TPSA) is 78.8 Å². The standard InChI is InChI=1S/C15H24N4OS.C2HF3O2/c1-12-16-17-14(21-12)19-7-13-8-20-11-15(13,10-19)9-18-5-3-2-4-6-18;3-2(4,5)1(6)7/h13H,2-11H2,1H3;(H,6,7)/t13-,15+;/m1./s1. The number of carboxylic acids is 1. The lowest BCUT2D eigenvalue weighted by Gasteiger charge is -2.36. The second-order valence-corrected chi connectivity index (χ2v) is 8.86. The number of hydrogen-bond donors (Lipinski definition) is 1. The quantitative estimate of drug-likeness (QED) is 0.801. The van der Waals surface area contributed by atoms with E-state index in [1.807, 2.05) is 6.92 Å². The van der Waals surface area contributed by atoms with E-state index in [0.29, 0.717) is 11.3 Å². The van der Waals surface area contributed by atoms with Gasteiger partial charge in [0.25, 0.3) is 0 Å². The Morgan fingerprint density at radius 2 is 2.00 bits per heavy atom. The SMILES string of the molecule is Cc1nnc(N2C[C@@H]3COC[C@]3(CN3CCCCC3)C2)s1.O=C(O)C(F)(F)F. The summed E-state index contributed by atoms with van der Waals surface area (Å²) in [6.07, 6.45) is -0.957. The number of aryl methyl sites for hydroxylation is 1. The van der Waals surface area contributed by atoms with Crippen molar-refractivity contribution in [2.75, 3.05) is 50.8 Å². The fraction of sp³-hybridized carbons (Fsp3) is 0.824. The van der Waals surface area contributed by atoms with Crippen LogP contribution in [0.3, 0.4) is 0 Å². The van der Waals surface area contributed by atoms with E-state index >= 15 is 0 Å². The van der Waals surface area contributed by atoms with Crippen LogP contribution in [0.4, 0.5) is 18.3 Å². The second kappa shape index (κ2) is 8.50. The molecule has 0 bridgehead atoms. The van der Waals surface area contributed by atoms with Gasteiger partial charge in [-0.1, -0.05) is 17.8 Å². The van der Waals surface area contributed by atoms with Crippen molar-refractivity contribution in [1.29, 1.82) is 0 Å². The first-order valence-electron chi connectivity index (χ1n) is 9.35. The Morgan fingerprint density at radius 1 is 1.32 bits per heavy atom. The second-order valence-electron chi connectivity index (χ2n) is 7.70. The Kier molecular flexibility index (Phi) is 6.45. The molecule has 3 aliphatic heterocycles. The van der Waals surface area contributed by atoms with Crippen molar-refractivity contribution in [1.82, 2.24) is 15.1 Å². The molecular formula is C17H25F3N4O3S. The summed E-state index contributed by atoms with van der Waals surface area (Å²) in [6, 6.07) is 0. The molecule has 11 heteroatoms. The number of alkyl halides is 3. The van der Waals surface area contributed by atoms with Gasteiger partial charge in [-0.15, -0.1) is 10.2 Å². The molecular weight excluding hydrogens is 397 g/mol. The first-order valence-corrected chi connectivity index (χ1v) is 10.2. The van der Waals surface area contributed by atoms with Gasteiger partial charge in [0, 0.05) is 31.0 Å². The largest absolute Gasteiger partial charge is 0.490 e. The highest BCUT2D eigenvalue weighted by molar-refractivity contribution is 7.15. The molecule has 3 fully saturated rings. The first-order chi connectivity index (χ1) is 13.2. The number of ether oxygens (including phenoxy) is 1. The van der Waals surface area contributed by atoms with Crippen LogP contribution < -0.4 is 4.90 Å². The van der Waals surface area contributed by atoms with Crippen molar-refractivity contribution in [3.8, 4) is 0 Å². The number of piperidine rings is 1. The molecule has 28 heavy (non-hydrogen) atoms. The van der Waals surface area contributed by atoms with E-state index in [-0.39, 0.29) is 0 Å². The van der Waals surface area contributed by atoms with Gasteiger partial charge in [0.1, 0.15) is 5.01 Å². The summed E-state index contributed by atoms with van der Waals surface area (Å²) >= 11 is 1.72. The molecule has 1 N–H and O–H groups in total. The number of carboxylic acid groups (broad SMARTS) is 1. The summed E-state index contributed by atoms with van der Waals surface area (Å²) in [5.41, 5.74) is 0.316. The van der Waals surface area contributed by atoms with Crippen molar-refractivity contribution in [3.05, 3.63) is 5.01 Å². The van der Waals surface area contributed by atoms with Crippen LogP contribution >= 0.6 is 11.3 Å². The Bertz CT molecular complexity index is 681. The summed E-state index contributed by atoms with van der Waals surface area (Å²) in [4.78, 5) is 14.0. The number of aromatic nitrogens is 2. The van der Waals surface area contributed by atoms with E-state index in [4.69, 9.17) is 14.6 Å². The van der Waals surface area contributed by atoms with Gasteiger partial charge in [0.2, 0.25) is 5.13 Å². The average Bonchev–Trinajstić information content (AvgIpc) is 3.29. The molecule has 158 valence electrons. The summed E-state index contributed by atoms with van der Waals surface area (Å²) in [7, 11) is 0. The maximum atomic E-state index is 10.6. The Morgan fingerprint density at radius 3 is 2.57 bits per heavy atom. The molecule has 7 nitrogen and oxygen atoms in total. The number of fused-ring (bicyclic) bond motifs is 1. The maximum Gasteiger partial charge on any atom is 0.490 e. The molecule has 0 radical (unpaired) electrons. The van der Waals surface area contributed by atoms with E-state index in [1.165, 1.54) is 38.9 Å². The Hall–Kier alpha value is -1.46. The zero-order valence-corrected chi connectivity index (χ0v) is 16.6. The number of likely N-dealkylation sites (tertiary alicyclic amines) is 1. The molecule has 0 aliphatic carbocycles. The van der Waals surface area contributed by atoms with Crippen molar-refractivity contribution < 1.29 is 27.8 Å². The van der Waals surface area contributed by atoms with Gasteiger partial charge in [-0.05, 0) is 32.9 Å². The van der Waals surface area contributed by atoms with Crippen molar-refractivity contribution in [2.24, 2.45) is 11.3 Å². The van der Waals surface area contributed by atoms with Crippen molar-refractivity contribution in [3.63, 3.8) is 0 Å². The minimum Gasteiger partial charge on any atom is -0.475 e. The normalized spacial score (nSPS) is 28.0. The van der Waals surface area contributed by atoms with Gasteiger partial charge in [-0.3, -0.25) is 0 Å². The van der Waals surface area contributed by atoms with Crippen LogP contribution in [0.15, 0.2) is 0 Å². The van der Waals surface area contributed by atoms with Crippen LogP contribution in [-0.2, 0) is 9.53 Å². The molecule has 3 aliphatic rings. The number of hydrogen-bond acceptors (Lipinski definition) is 7. The summed E-state index contributed by atoms with van der Waals surface area (Å²) in [6.45, 7) is 9.78. The fourth-order valence-corrected chi connectivity index (χ4v) is 4.87. The lowest BCUT2D eigenvalue weighted by Crippen LogP contribution is -2.45. The summed E-state index contributed by atoms with van der Waals surface area (Å²) < 4.78 is 37.6. The molecule has 0 spiro atoms. The molecule has 1 aromatic heterocycles. The minimum atomic E-state index is -5.08. The van der Waals surface area contributed by atoms with Crippen LogP contribution in [0, 0.1) is 18.3 Å². The zero-order valence-electron chi connectivity index (χ0n) is 15.7. The third kappa shape index (κ3) is 4.93. The fourth-order valence-electron chi connectivity index (χ4n) is 4.18. The average molecular weight is 422 g/mol. The van der Waals surface area contributed by atoms with Gasteiger partial charge >= 0.3 is 12.1 Å². The van der Waals surface area contributed by atoms with E-state index in [0.717, 1.165) is 36.4 Å². The predicted octanol–water partition coefficient (Wildman–Crippen LogP) is 2.42. The molecule has 1 aromatic rings. The number of anilines is 1. The highest BCUT2D eigenvalue weighted by Crippen LogP contribution is 2.44. The lowest BCUT2D eigenvalue weighted by molar-refractivity contribution is -0.192. The molecule has 3 saturated heterocycles. The molecule has 0 unspecified atom stereocenters. The van der Waals surface area contributed by atoms with Gasteiger partial charge in [-0.2, -0.15) is 13.2 Å². The molecule has 0 amide bonds. The third-order valence-corrected chi connectivity index (χ3v) is 6.44. The van der Waals surface area contributed by atoms with Crippen molar-refractivity contribution >= 4 is 22.4 Å². The van der Waals surface area contributed by atoms with E-state index in [9.17, 15) is 13.2 Å². The maximum absolute atomic E-state index is 10.6. The van der Waals surface area contributed by atoms with E-state index in [1.54, 1.807) is 11.3 Å². The Labute approximate surface area is 165 Å². The van der Waals surface area contributed by atoms with Crippen LogP contribution in [0.5, 0.6) is 0 Å². The first kappa shape index (κ1) is 21.3. The number of carbonyl (C=O) groups is 1.